The number of hydrogen-bond donors (Lipinski definition) is 2. The minimum atomic E-state index is -4.87. The van der Waals surface area contributed by atoms with Crippen molar-refractivity contribution < 1.29 is 18.3 Å². The van der Waals surface area contributed by atoms with E-state index in [9.17, 15) is 18.3 Å². The van der Waals surface area contributed by atoms with E-state index in [4.69, 9.17) is 0 Å². The number of nitrogens with one attached hydrogen (secondary N) is 1. The molecule has 0 fully saturated rings. The molecule has 164 valence electrons. The van der Waals surface area contributed by atoms with Gasteiger partial charge in [-0.2, -0.15) is 18.3 Å². The maximum Gasteiger partial charge on any atom is 0.423 e. The van der Waals surface area contributed by atoms with E-state index in [0.29, 0.717) is 29.7 Å². The maximum absolute atomic E-state index is 14.3. The molecule has 0 radical (unpaired) electrons. The van der Waals surface area contributed by atoms with Crippen molar-refractivity contribution in [2.75, 3.05) is 29.9 Å². The molecular formula is C24H21F3N4O. The Morgan fingerprint density at radius 2 is 1.72 bits per heavy atom. The van der Waals surface area contributed by atoms with Crippen LogP contribution in [0, 0.1) is 0 Å². The molecular weight excluding hydrogens is 417 g/mol. The molecule has 1 aliphatic heterocycles. The Kier molecular flexibility index (Phi) is 4.82. The van der Waals surface area contributed by atoms with E-state index in [1.807, 2.05) is 42.5 Å². The van der Waals surface area contributed by atoms with Crippen molar-refractivity contribution in [2.45, 2.75) is 11.8 Å². The Hall–Kier alpha value is -3.52. The molecule has 1 aromatic heterocycles. The van der Waals surface area contributed by atoms with Gasteiger partial charge in [0.1, 0.15) is 0 Å². The van der Waals surface area contributed by atoms with Crippen LogP contribution in [0.1, 0.15) is 5.56 Å². The Balaban J connectivity index is 1.55. The fourth-order valence-corrected chi connectivity index (χ4v) is 4.20. The molecule has 32 heavy (non-hydrogen) atoms. The van der Waals surface area contributed by atoms with Crippen LogP contribution in [-0.2, 0) is 5.60 Å². The van der Waals surface area contributed by atoms with Crippen LogP contribution in [-0.4, -0.2) is 40.7 Å². The molecule has 8 heteroatoms. The zero-order valence-electron chi connectivity index (χ0n) is 17.0. The lowest BCUT2D eigenvalue weighted by Gasteiger charge is -2.39. The van der Waals surface area contributed by atoms with E-state index < -0.39 is 18.3 Å². The Morgan fingerprint density at radius 1 is 0.969 bits per heavy atom. The summed E-state index contributed by atoms with van der Waals surface area (Å²) in [5.74, 6) is 0. The highest BCUT2D eigenvalue weighted by Crippen LogP contribution is 2.42. The molecule has 0 saturated heterocycles. The summed E-state index contributed by atoms with van der Waals surface area (Å²) in [5.41, 5.74) is -0.389. The molecule has 4 aromatic rings. The van der Waals surface area contributed by atoms with Gasteiger partial charge in [-0.3, -0.25) is 0 Å². The number of benzene rings is 3. The van der Waals surface area contributed by atoms with E-state index in [1.165, 1.54) is 18.3 Å². The third-order valence-electron chi connectivity index (χ3n) is 5.88. The second-order valence-corrected chi connectivity index (χ2v) is 7.89. The summed E-state index contributed by atoms with van der Waals surface area (Å²) in [6.07, 6.45) is -3.35. The number of fused-ring (bicyclic) bond motifs is 2. The van der Waals surface area contributed by atoms with Crippen molar-refractivity contribution in [3.63, 3.8) is 0 Å². The van der Waals surface area contributed by atoms with E-state index in [0.717, 1.165) is 11.4 Å². The molecule has 5 rings (SSSR count). The Morgan fingerprint density at radius 3 is 2.50 bits per heavy atom. The monoisotopic (exact) mass is 438 g/mol. The molecule has 0 aliphatic carbocycles. The predicted octanol–water partition coefficient (Wildman–Crippen LogP) is 4.71. The van der Waals surface area contributed by atoms with Crippen LogP contribution in [0.2, 0.25) is 0 Å². The van der Waals surface area contributed by atoms with Crippen LogP contribution in [0.4, 0.5) is 24.5 Å². The van der Waals surface area contributed by atoms with Crippen molar-refractivity contribution in [3.8, 4) is 5.69 Å². The van der Waals surface area contributed by atoms with E-state index in [1.54, 1.807) is 27.8 Å². The fraction of sp³-hybridized carbons (Fsp3) is 0.208. The standard InChI is InChI=1S/C24H21F3N4O/c25-24(26,27)23(32,16-30-13-12-28-20-8-4-5-9-22(20)30)18-10-11-21-17(14-18)15-29-31(21)19-6-2-1-3-7-19/h1-11,14-15,28,32H,12-13,16H2. The Labute approximate surface area is 182 Å². The van der Waals surface area contributed by atoms with Gasteiger partial charge in [0.25, 0.3) is 0 Å². The van der Waals surface area contributed by atoms with Crippen molar-refractivity contribution in [1.29, 1.82) is 0 Å². The highest BCUT2D eigenvalue weighted by molar-refractivity contribution is 5.81. The molecule has 0 saturated carbocycles. The van der Waals surface area contributed by atoms with Gasteiger partial charge in [0.15, 0.2) is 0 Å². The number of halogens is 3. The summed E-state index contributed by atoms with van der Waals surface area (Å²) >= 11 is 0. The van der Waals surface area contributed by atoms with E-state index >= 15 is 0 Å². The zero-order chi connectivity index (χ0) is 22.3. The molecule has 1 unspecified atom stereocenters. The van der Waals surface area contributed by atoms with Gasteiger partial charge in [-0.1, -0.05) is 36.4 Å². The van der Waals surface area contributed by atoms with Crippen molar-refractivity contribution >= 4 is 22.3 Å². The van der Waals surface area contributed by atoms with Gasteiger partial charge in [-0.25, -0.2) is 4.68 Å². The van der Waals surface area contributed by atoms with E-state index in [-0.39, 0.29) is 5.56 Å². The summed E-state index contributed by atoms with van der Waals surface area (Å²) in [6.45, 7) is 0.241. The van der Waals surface area contributed by atoms with Crippen LogP contribution >= 0.6 is 0 Å². The SMILES string of the molecule is OC(CN1CCNc2ccccc21)(c1ccc2c(cnn2-c2ccccc2)c1)C(F)(F)F. The first-order valence-electron chi connectivity index (χ1n) is 10.3. The second-order valence-electron chi connectivity index (χ2n) is 7.89. The summed E-state index contributed by atoms with van der Waals surface area (Å²) < 4.78 is 44.5. The number of β-amino-alcohol motifs (C(OH)–C–C–N with tert-alkyl or cyclic N) is 1. The minimum Gasteiger partial charge on any atom is -0.382 e. The number of para-hydroxylation sites is 3. The molecule has 3 aromatic carbocycles. The highest BCUT2D eigenvalue weighted by atomic mass is 19.4. The minimum absolute atomic E-state index is 0.207. The summed E-state index contributed by atoms with van der Waals surface area (Å²) in [5, 5.41) is 19.1. The molecule has 2 heterocycles. The van der Waals surface area contributed by atoms with Crippen LogP contribution < -0.4 is 10.2 Å². The smallest absolute Gasteiger partial charge is 0.382 e. The molecule has 0 amide bonds. The number of aromatic nitrogens is 2. The van der Waals surface area contributed by atoms with Gasteiger partial charge < -0.3 is 15.3 Å². The topological polar surface area (TPSA) is 53.3 Å². The number of rotatable bonds is 4. The van der Waals surface area contributed by atoms with Crippen LogP contribution in [0.5, 0.6) is 0 Å². The summed E-state index contributed by atoms with van der Waals surface area (Å²) in [7, 11) is 0. The van der Waals surface area contributed by atoms with Crippen LogP contribution in [0.15, 0.2) is 79.0 Å². The molecule has 0 bridgehead atoms. The first-order valence-corrected chi connectivity index (χ1v) is 10.3. The van der Waals surface area contributed by atoms with Crippen molar-refractivity contribution in [2.24, 2.45) is 0 Å². The van der Waals surface area contributed by atoms with Gasteiger partial charge in [0.05, 0.1) is 35.3 Å². The van der Waals surface area contributed by atoms with Gasteiger partial charge in [-0.05, 0) is 42.0 Å². The Bertz CT molecular complexity index is 1260. The van der Waals surface area contributed by atoms with Crippen LogP contribution in [0.25, 0.3) is 16.6 Å². The maximum atomic E-state index is 14.3. The van der Waals surface area contributed by atoms with Crippen molar-refractivity contribution in [3.05, 3.63) is 84.6 Å². The van der Waals surface area contributed by atoms with E-state index in [2.05, 4.69) is 10.4 Å². The van der Waals surface area contributed by atoms with Crippen molar-refractivity contribution in [1.82, 2.24) is 9.78 Å². The quantitative estimate of drug-likeness (QED) is 0.485. The lowest BCUT2D eigenvalue weighted by Crippen LogP contribution is -2.53. The highest BCUT2D eigenvalue weighted by Gasteiger charge is 2.56. The molecule has 1 atom stereocenters. The number of hydrogen-bond acceptors (Lipinski definition) is 4. The van der Waals surface area contributed by atoms with Gasteiger partial charge in [0.2, 0.25) is 5.60 Å². The largest absolute Gasteiger partial charge is 0.423 e. The third-order valence-corrected chi connectivity index (χ3v) is 5.88. The zero-order valence-corrected chi connectivity index (χ0v) is 17.0. The number of anilines is 2. The molecule has 1 aliphatic rings. The average Bonchev–Trinajstić information content (AvgIpc) is 3.22. The first kappa shape index (κ1) is 20.4. The number of alkyl halides is 3. The van der Waals surface area contributed by atoms with Gasteiger partial charge >= 0.3 is 6.18 Å². The number of nitrogens with zero attached hydrogens (tertiary/aromatic N) is 3. The number of aliphatic hydroxyl groups is 1. The third kappa shape index (κ3) is 3.36. The average molecular weight is 438 g/mol. The lowest BCUT2D eigenvalue weighted by atomic mass is 9.91. The van der Waals surface area contributed by atoms with Gasteiger partial charge in [-0.15, -0.1) is 0 Å². The fourth-order valence-electron chi connectivity index (χ4n) is 4.20. The summed E-state index contributed by atoms with van der Waals surface area (Å²) in [4.78, 5) is 1.58. The van der Waals surface area contributed by atoms with Gasteiger partial charge in [0, 0.05) is 18.5 Å². The summed E-state index contributed by atoms with van der Waals surface area (Å²) in [6, 6.07) is 20.8. The second kappa shape index (κ2) is 7.56. The van der Waals surface area contributed by atoms with Crippen LogP contribution in [0.3, 0.4) is 0 Å². The first-order chi connectivity index (χ1) is 15.4. The molecule has 5 nitrogen and oxygen atoms in total. The lowest BCUT2D eigenvalue weighted by molar-refractivity contribution is -0.262. The normalized spacial score (nSPS) is 15.8. The molecule has 0 spiro atoms. The predicted molar refractivity (Wildman–Crippen MR) is 118 cm³/mol. The molecule has 2 N–H and O–H groups in total.